The number of ether oxygens (including phenoxy) is 2. The average Bonchev–Trinajstić information content (AvgIpc) is 3.07. The molecule has 47 heavy (non-hydrogen) atoms. The van der Waals surface area contributed by atoms with E-state index in [4.69, 9.17) is 9.47 Å². The van der Waals surface area contributed by atoms with Gasteiger partial charge in [-0.05, 0) is 32.1 Å². The van der Waals surface area contributed by atoms with Crippen LogP contribution in [0.1, 0.15) is 202 Å². The third-order valence-electron chi connectivity index (χ3n) is 9.85. The monoisotopic (exact) mass is 666 g/mol. The van der Waals surface area contributed by atoms with Gasteiger partial charge in [0.05, 0.1) is 24.9 Å². The Balaban J connectivity index is 5.09. The molecule has 0 bridgehead atoms. The second-order valence-corrected chi connectivity index (χ2v) is 14.2. The van der Waals surface area contributed by atoms with Crippen LogP contribution in [0.25, 0.3) is 0 Å². The lowest BCUT2D eigenvalue weighted by Crippen LogP contribution is -2.40. The maximum atomic E-state index is 13.2. The molecule has 0 spiro atoms. The van der Waals surface area contributed by atoms with Crippen molar-refractivity contribution in [3.05, 3.63) is 0 Å². The summed E-state index contributed by atoms with van der Waals surface area (Å²) in [6.45, 7) is 13.9. The SMILES string of the molecule is CCCCCCCC(CCCCCCC)C(=O)OCCN(CCOC(=O)C(CCCCCCC)CCCCCCC)C(=O)C(C)CC. The number of amides is 1. The fraction of sp³-hybridized carbons (Fsp3) is 0.927. The van der Waals surface area contributed by atoms with Crippen molar-refractivity contribution < 1.29 is 23.9 Å². The molecule has 0 rings (SSSR count). The van der Waals surface area contributed by atoms with Crippen molar-refractivity contribution in [3.8, 4) is 0 Å². The Hall–Kier alpha value is -1.59. The predicted molar refractivity (Wildman–Crippen MR) is 198 cm³/mol. The molecule has 0 aromatic heterocycles. The highest BCUT2D eigenvalue weighted by Crippen LogP contribution is 2.22. The van der Waals surface area contributed by atoms with Gasteiger partial charge in [-0.3, -0.25) is 14.4 Å². The zero-order valence-corrected chi connectivity index (χ0v) is 32.2. The van der Waals surface area contributed by atoms with Crippen LogP contribution in [0.15, 0.2) is 0 Å². The van der Waals surface area contributed by atoms with E-state index in [2.05, 4.69) is 27.7 Å². The molecule has 0 aromatic carbocycles. The average molecular weight is 666 g/mol. The molecular formula is C41H79NO5. The molecule has 0 aliphatic rings. The van der Waals surface area contributed by atoms with Crippen LogP contribution < -0.4 is 0 Å². The quantitative estimate of drug-likeness (QED) is 0.0505. The molecule has 0 fully saturated rings. The molecule has 1 atom stereocenters. The van der Waals surface area contributed by atoms with Crippen molar-refractivity contribution in [2.24, 2.45) is 17.8 Å². The van der Waals surface area contributed by atoms with E-state index in [0.717, 1.165) is 57.8 Å². The van der Waals surface area contributed by atoms with Crippen LogP contribution in [-0.4, -0.2) is 49.0 Å². The number of nitrogens with zero attached hydrogens (tertiary/aromatic N) is 1. The van der Waals surface area contributed by atoms with Gasteiger partial charge in [0.25, 0.3) is 0 Å². The fourth-order valence-electron chi connectivity index (χ4n) is 6.30. The summed E-state index contributed by atoms with van der Waals surface area (Å²) >= 11 is 0. The minimum absolute atomic E-state index is 0.0337. The smallest absolute Gasteiger partial charge is 0.308 e. The Morgan fingerprint density at radius 3 is 1.04 bits per heavy atom. The van der Waals surface area contributed by atoms with Gasteiger partial charge < -0.3 is 14.4 Å². The highest BCUT2D eigenvalue weighted by molar-refractivity contribution is 5.78. The highest BCUT2D eigenvalue weighted by atomic mass is 16.5. The van der Waals surface area contributed by atoms with Crippen LogP contribution in [0.5, 0.6) is 0 Å². The molecule has 0 aliphatic carbocycles. The van der Waals surface area contributed by atoms with Gasteiger partial charge in [-0.2, -0.15) is 0 Å². The second kappa shape index (κ2) is 32.9. The molecule has 1 amide bonds. The fourth-order valence-corrected chi connectivity index (χ4v) is 6.30. The molecule has 6 heteroatoms. The maximum Gasteiger partial charge on any atom is 0.308 e. The maximum absolute atomic E-state index is 13.2. The van der Waals surface area contributed by atoms with E-state index in [1.807, 2.05) is 13.8 Å². The molecule has 278 valence electrons. The lowest BCUT2D eigenvalue weighted by Gasteiger charge is -2.26. The Morgan fingerprint density at radius 1 is 0.468 bits per heavy atom. The molecule has 0 saturated carbocycles. The molecule has 0 saturated heterocycles. The molecule has 0 radical (unpaired) electrons. The first-order chi connectivity index (χ1) is 22.9. The molecular weight excluding hydrogens is 586 g/mol. The number of rotatable bonds is 34. The number of esters is 2. The molecule has 6 nitrogen and oxygen atoms in total. The van der Waals surface area contributed by atoms with Crippen molar-refractivity contribution >= 4 is 17.8 Å². The second-order valence-electron chi connectivity index (χ2n) is 14.2. The summed E-state index contributed by atoms with van der Waals surface area (Å²) in [6.07, 6.45) is 28.0. The van der Waals surface area contributed by atoms with Crippen molar-refractivity contribution in [3.63, 3.8) is 0 Å². The zero-order chi connectivity index (χ0) is 35.0. The molecule has 0 heterocycles. The van der Waals surface area contributed by atoms with Crippen LogP contribution in [-0.2, 0) is 23.9 Å². The van der Waals surface area contributed by atoms with Gasteiger partial charge in [-0.25, -0.2) is 0 Å². The van der Waals surface area contributed by atoms with E-state index in [0.29, 0.717) is 13.1 Å². The largest absolute Gasteiger partial charge is 0.464 e. The van der Waals surface area contributed by atoms with E-state index < -0.39 is 0 Å². The minimum Gasteiger partial charge on any atom is -0.464 e. The first-order valence-electron chi connectivity index (χ1n) is 20.5. The Labute approximate surface area is 292 Å². The third kappa shape index (κ3) is 25.1. The summed E-state index contributed by atoms with van der Waals surface area (Å²) in [6, 6.07) is 0. The standard InChI is InChI=1S/C41H79NO5/c1-7-12-16-20-24-28-37(29-25-21-17-13-8-2)40(44)46-34-32-42(39(43)36(6)11-5)33-35-47-41(45)38(30-26-22-18-14-9-3)31-27-23-19-15-10-4/h36-38H,7-35H2,1-6H3. The van der Waals surface area contributed by atoms with Crippen LogP contribution in [0, 0.1) is 17.8 Å². The molecule has 1 unspecified atom stereocenters. The lowest BCUT2D eigenvalue weighted by molar-refractivity contribution is -0.153. The van der Waals surface area contributed by atoms with Gasteiger partial charge in [0, 0.05) is 5.92 Å². The van der Waals surface area contributed by atoms with Gasteiger partial charge in [0.2, 0.25) is 5.91 Å². The number of carbonyl (C=O) groups is 3. The summed E-state index contributed by atoms with van der Waals surface area (Å²) in [5, 5.41) is 0. The van der Waals surface area contributed by atoms with Gasteiger partial charge in [-0.15, -0.1) is 0 Å². The summed E-state index contributed by atoms with van der Waals surface area (Å²) in [5.74, 6) is -0.429. The Kier molecular flexibility index (Phi) is 31.8. The van der Waals surface area contributed by atoms with Crippen molar-refractivity contribution in [2.45, 2.75) is 202 Å². The number of carbonyl (C=O) groups excluding carboxylic acids is 3. The minimum atomic E-state index is -0.126. The number of hydrogen-bond donors (Lipinski definition) is 0. The van der Waals surface area contributed by atoms with Crippen LogP contribution in [0.4, 0.5) is 0 Å². The van der Waals surface area contributed by atoms with Crippen LogP contribution >= 0.6 is 0 Å². The first-order valence-corrected chi connectivity index (χ1v) is 20.5. The zero-order valence-electron chi connectivity index (χ0n) is 32.2. The highest BCUT2D eigenvalue weighted by Gasteiger charge is 2.24. The summed E-state index contributed by atoms with van der Waals surface area (Å²) in [7, 11) is 0. The van der Waals surface area contributed by atoms with E-state index in [1.165, 1.54) is 103 Å². The van der Waals surface area contributed by atoms with Crippen molar-refractivity contribution in [2.75, 3.05) is 26.3 Å². The Bertz CT molecular complexity index is 663. The molecule has 0 aromatic rings. The van der Waals surface area contributed by atoms with E-state index >= 15 is 0 Å². The van der Waals surface area contributed by atoms with E-state index in [-0.39, 0.29) is 48.8 Å². The van der Waals surface area contributed by atoms with Gasteiger partial charge in [0.15, 0.2) is 0 Å². The summed E-state index contributed by atoms with van der Waals surface area (Å²) in [4.78, 5) is 41.4. The van der Waals surface area contributed by atoms with Crippen molar-refractivity contribution in [1.29, 1.82) is 0 Å². The molecule has 0 N–H and O–H groups in total. The van der Waals surface area contributed by atoms with Gasteiger partial charge in [-0.1, -0.05) is 170 Å². The first kappa shape index (κ1) is 45.4. The topological polar surface area (TPSA) is 72.9 Å². The van der Waals surface area contributed by atoms with Crippen LogP contribution in [0.2, 0.25) is 0 Å². The third-order valence-corrected chi connectivity index (χ3v) is 9.85. The van der Waals surface area contributed by atoms with Crippen LogP contribution in [0.3, 0.4) is 0 Å². The number of unbranched alkanes of at least 4 members (excludes halogenated alkanes) is 16. The molecule has 0 aliphatic heterocycles. The van der Waals surface area contributed by atoms with E-state index in [9.17, 15) is 14.4 Å². The lowest BCUT2D eigenvalue weighted by atomic mass is 9.94. The normalized spacial score (nSPS) is 12.1. The Morgan fingerprint density at radius 2 is 0.766 bits per heavy atom. The number of hydrogen-bond acceptors (Lipinski definition) is 5. The van der Waals surface area contributed by atoms with E-state index in [1.54, 1.807) is 4.90 Å². The van der Waals surface area contributed by atoms with Gasteiger partial charge in [0.1, 0.15) is 13.2 Å². The summed E-state index contributed by atoms with van der Waals surface area (Å²) < 4.78 is 11.6. The van der Waals surface area contributed by atoms with Gasteiger partial charge >= 0.3 is 11.9 Å². The van der Waals surface area contributed by atoms with Crippen molar-refractivity contribution in [1.82, 2.24) is 4.90 Å². The predicted octanol–water partition coefficient (Wildman–Crippen LogP) is 11.6. The summed E-state index contributed by atoms with van der Waals surface area (Å²) in [5.41, 5.74) is 0.